The van der Waals surface area contributed by atoms with E-state index in [1.165, 1.54) is 0 Å². The van der Waals surface area contributed by atoms with E-state index < -0.39 is 0 Å². The average molecular weight is 286 g/mol. The van der Waals surface area contributed by atoms with Gasteiger partial charge in [-0.05, 0) is 32.4 Å². The summed E-state index contributed by atoms with van der Waals surface area (Å²) in [5, 5.41) is 0. The number of nitrogens with two attached hydrogens (primary N) is 1. The maximum Gasteiger partial charge on any atom is 0.218 e. The second-order valence-corrected chi connectivity index (χ2v) is 4.76. The number of nitrogens with zero attached hydrogens (tertiary/aromatic N) is 3. The van der Waals surface area contributed by atoms with Gasteiger partial charge in [-0.25, -0.2) is 4.98 Å². The number of hydrogen-bond acceptors (Lipinski definition) is 5. The van der Waals surface area contributed by atoms with Crippen LogP contribution in [-0.4, -0.2) is 23.1 Å². The molecule has 0 unspecified atom stereocenters. The third kappa shape index (κ3) is 3.84. The number of rotatable bonds is 6. The van der Waals surface area contributed by atoms with E-state index in [1.54, 1.807) is 0 Å². The molecule has 0 aliphatic carbocycles. The van der Waals surface area contributed by atoms with Crippen LogP contribution in [0.4, 0.5) is 11.5 Å². The number of para-hydroxylation sites is 1. The summed E-state index contributed by atoms with van der Waals surface area (Å²) in [5.41, 5.74) is 7.91. The van der Waals surface area contributed by atoms with Crippen molar-refractivity contribution in [1.29, 1.82) is 0 Å². The fourth-order valence-corrected chi connectivity index (χ4v) is 2.15. The zero-order valence-corrected chi connectivity index (χ0v) is 12.8. The molecule has 1 aromatic carbocycles. The van der Waals surface area contributed by atoms with E-state index in [9.17, 15) is 0 Å². The molecule has 0 bridgehead atoms. The van der Waals surface area contributed by atoms with Crippen LogP contribution in [0.5, 0.6) is 5.88 Å². The highest BCUT2D eigenvalue weighted by Gasteiger charge is 2.11. The Hall–Kier alpha value is -2.30. The van der Waals surface area contributed by atoms with Crippen molar-refractivity contribution in [2.45, 2.75) is 27.3 Å². The molecule has 0 saturated heterocycles. The molecule has 0 aliphatic heterocycles. The lowest BCUT2D eigenvalue weighted by atomic mass is 10.1. The van der Waals surface area contributed by atoms with Crippen LogP contribution >= 0.6 is 0 Å². The van der Waals surface area contributed by atoms with E-state index in [4.69, 9.17) is 10.5 Å². The van der Waals surface area contributed by atoms with Gasteiger partial charge in [0.05, 0.1) is 6.61 Å². The standard InChI is InChI=1S/C16H22N4O/c1-4-20(11-13-8-6-7-9-14(13)17)15-10-16(21-5-2)19-12(3)18-15/h6-10H,4-5,11,17H2,1-3H3. The molecule has 0 aliphatic rings. The number of ether oxygens (including phenoxy) is 1. The smallest absolute Gasteiger partial charge is 0.218 e. The van der Waals surface area contributed by atoms with Gasteiger partial charge in [0.25, 0.3) is 0 Å². The van der Waals surface area contributed by atoms with Gasteiger partial charge < -0.3 is 15.4 Å². The van der Waals surface area contributed by atoms with Crippen LogP contribution in [0.15, 0.2) is 30.3 Å². The predicted molar refractivity (Wildman–Crippen MR) is 85.5 cm³/mol. The van der Waals surface area contributed by atoms with Gasteiger partial charge in [0.15, 0.2) is 0 Å². The number of nitrogen functional groups attached to an aromatic ring is 1. The average Bonchev–Trinajstić information content (AvgIpc) is 2.46. The first-order chi connectivity index (χ1) is 10.1. The Kier molecular flexibility index (Phi) is 4.98. The normalized spacial score (nSPS) is 10.4. The van der Waals surface area contributed by atoms with Crippen molar-refractivity contribution in [1.82, 2.24) is 9.97 Å². The molecule has 0 saturated carbocycles. The van der Waals surface area contributed by atoms with E-state index in [2.05, 4.69) is 21.8 Å². The second-order valence-electron chi connectivity index (χ2n) is 4.76. The van der Waals surface area contributed by atoms with E-state index >= 15 is 0 Å². The van der Waals surface area contributed by atoms with Crippen molar-refractivity contribution in [3.8, 4) is 5.88 Å². The third-order valence-corrected chi connectivity index (χ3v) is 3.22. The minimum Gasteiger partial charge on any atom is -0.478 e. The van der Waals surface area contributed by atoms with Crippen LogP contribution in [0.25, 0.3) is 0 Å². The lowest BCUT2D eigenvalue weighted by Gasteiger charge is -2.23. The minimum absolute atomic E-state index is 0.591. The molecule has 1 aromatic heterocycles. The molecule has 1 heterocycles. The first kappa shape index (κ1) is 15.1. The Bertz CT molecular complexity index is 601. The van der Waals surface area contributed by atoms with Gasteiger partial charge in [-0.1, -0.05) is 18.2 Å². The lowest BCUT2D eigenvalue weighted by molar-refractivity contribution is 0.325. The molecule has 2 rings (SSSR count). The van der Waals surface area contributed by atoms with Crippen molar-refractivity contribution in [3.63, 3.8) is 0 Å². The fourth-order valence-electron chi connectivity index (χ4n) is 2.15. The number of aromatic nitrogens is 2. The van der Waals surface area contributed by atoms with Gasteiger partial charge in [-0.15, -0.1) is 0 Å². The second kappa shape index (κ2) is 6.92. The summed E-state index contributed by atoms with van der Waals surface area (Å²) in [4.78, 5) is 10.9. The molecule has 0 fully saturated rings. The fraction of sp³-hybridized carbons (Fsp3) is 0.375. The predicted octanol–water partition coefficient (Wildman–Crippen LogP) is 2.79. The molecular formula is C16H22N4O. The van der Waals surface area contributed by atoms with E-state index in [0.717, 1.165) is 23.6 Å². The summed E-state index contributed by atoms with van der Waals surface area (Å²) < 4.78 is 5.49. The summed E-state index contributed by atoms with van der Waals surface area (Å²) in [6.07, 6.45) is 0. The quantitative estimate of drug-likeness (QED) is 0.827. The Morgan fingerprint density at radius 2 is 1.95 bits per heavy atom. The Morgan fingerprint density at radius 3 is 2.62 bits per heavy atom. The van der Waals surface area contributed by atoms with Crippen LogP contribution < -0.4 is 15.4 Å². The summed E-state index contributed by atoms with van der Waals surface area (Å²) in [6.45, 7) is 8.04. The number of hydrogen-bond donors (Lipinski definition) is 1. The highest BCUT2D eigenvalue weighted by atomic mass is 16.5. The van der Waals surface area contributed by atoms with Crippen LogP contribution in [0.1, 0.15) is 25.2 Å². The zero-order chi connectivity index (χ0) is 15.2. The first-order valence-electron chi connectivity index (χ1n) is 7.20. The molecule has 5 heteroatoms. The molecule has 21 heavy (non-hydrogen) atoms. The van der Waals surface area contributed by atoms with Gasteiger partial charge >= 0.3 is 0 Å². The molecule has 0 atom stereocenters. The summed E-state index contributed by atoms with van der Waals surface area (Å²) in [7, 11) is 0. The number of anilines is 2. The van der Waals surface area contributed by atoms with E-state index in [0.29, 0.717) is 24.9 Å². The third-order valence-electron chi connectivity index (χ3n) is 3.22. The van der Waals surface area contributed by atoms with E-state index in [1.807, 2.05) is 44.2 Å². The van der Waals surface area contributed by atoms with Crippen LogP contribution in [0.3, 0.4) is 0 Å². The van der Waals surface area contributed by atoms with Crippen LogP contribution in [-0.2, 0) is 6.54 Å². The Labute approximate surface area is 125 Å². The highest BCUT2D eigenvalue weighted by molar-refractivity contribution is 5.50. The minimum atomic E-state index is 0.591. The van der Waals surface area contributed by atoms with Crippen molar-refractivity contribution >= 4 is 11.5 Å². The summed E-state index contributed by atoms with van der Waals surface area (Å²) >= 11 is 0. The summed E-state index contributed by atoms with van der Waals surface area (Å²) in [6, 6.07) is 9.77. The largest absolute Gasteiger partial charge is 0.478 e. The van der Waals surface area contributed by atoms with Gasteiger partial charge in [0, 0.05) is 24.8 Å². The van der Waals surface area contributed by atoms with Crippen molar-refractivity contribution in [2.75, 3.05) is 23.8 Å². The highest BCUT2D eigenvalue weighted by Crippen LogP contribution is 2.21. The molecule has 2 N–H and O–H groups in total. The van der Waals surface area contributed by atoms with Crippen LogP contribution in [0.2, 0.25) is 0 Å². The SMILES string of the molecule is CCOc1cc(N(CC)Cc2ccccc2N)nc(C)n1. The van der Waals surface area contributed by atoms with Gasteiger partial charge in [-0.3, -0.25) is 0 Å². The van der Waals surface area contributed by atoms with E-state index in [-0.39, 0.29) is 0 Å². The van der Waals surface area contributed by atoms with Gasteiger partial charge in [0.2, 0.25) is 5.88 Å². The molecule has 0 spiro atoms. The lowest BCUT2D eigenvalue weighted by Crippen LogP contribution is -2.24. The number of aryl methyl sites for hydroxylation is 1. The molecule has 0 radical (unpaired) electrons. The van der Waals surface area contributed by atoms with Gasteiger partial charge in [-0.2, -0.15) is 4.98 Å². The van der Waals surface area contributed by atoms with Crippen molar-refractivity contribution in [3.05, 3.63) is 41.7 Å². The maximum absolute atomic E-state index is 6.03. The Morgan fingerprint density at radius 1 is 1.19 bits per heavy atom. The molecule has 112 valence electrons. The monoisotopic (exact) mass is 286 g/mol. The topological polar surface area (TPSA) is 64.3 Å². The Balaban J connectivity index is 2.27. The first-order valence-corrected chi connectivity index (χ1v) is 7.20. The van der Waals surface area contributed by atoms with Gasteiger partial charge in [0.1, 0.15) is 11.6 Å². The number of benzene rings is 1. The molecule has 2 aromatic rings. The zero-order valence-electron chi connectivity index (χ0n) is 12.8. The maximum atomic E-state index is 6.03. The molecular weight excluding hydrogens is 264 g/mol. The summed E-state index contributed by atoms with van der Waals surface area (Å²) in [5.74, 6) is 2.17. The molecule has 0 amide bonds. The van der Waals surface area contributed by atoms with Crippen molar-refractivity contribution in [2.24, 2.45) is 0 Å². The van der Waals surface area contributed by atoms with Crippen LogP contribution in [0, 0.1) is 6.92 Å². The molecule has 5 nitrogen and oxygen atoms in total. The van der Waals surface area contributed by atoms with Crippen molar-refractivity contribution < 1.29 is 4.74 Å².